The number of rotatable bonds is 7. The maximum absolute atomic E-state index is 5.84. The van der Waals surface area contributed by atoms with Crippen LogP contribution >= 0.6 is 0 Å². The van der Waals surface area contributed by atoms with Crippen LogP contribution in [0.5, 0.6) is 5.88 Å². The van der Waals surface area contributed by atoms with Gasteiger partial charge in [-0.25, -0.2) is 0 Å². The van der Waals surface area contributed by atoms with Gasteiger partial charge in [-0.15, -0.1) is 0 Å². The third kappa shape index (κ3) is 4.56. The van der Waals surface area contributed by atoms with Gasteiger partial charge in [-0.1, -0.05) is 6.92 Å². The minimum Gasteiger partial charge on any atom is -0.476 e. The standard InChI is InChI=1S/C15H25N3O2/c1-2-10-20-15-13(16)6-7-14(18-15)17-9-8-12-5-3-4-11-19-12/h6-7,12H,2-5,8-11,16H2,1H3,(H,17,18). The number of nitrogens with zero attached hydrogens (tertiary/aromatic N) is 1. The van der Waals surface area contributed by atoms with Crippen LogP contribution < -0.4 is 15.8 Å². The molecular formula is C15H25N3O2. The average Bonchev–Trinajstić information content (AvgIpc) is 2.49. The molecule has 1 aromatic rings. The molecule has 0 aromatic carbocycles. The maximum Gasteiger partial charge on any atom is 0.239 e. The maximum atomic E-state index is 5.84. The largest absolute Gasteiger partial charge is 0.476 e. The van der Waals surface area contributed by atoms with Gasteiger partial charge in [0.1, 0.15) is 5.82 Å². The molecule has 0 saturated carbocycles. The summed E-state index contributed by atoms with van der Waals surface area (Å²) in [5.41, 5.74) is 6.42. The zero-order valence-corrected chi connectivity index (χ0v) is 12.2. The van der Waals surface area contributed by atoms with Crippen molar-refractivity contribution in [1.29, 1.82) is 0 Å². The first kappa shape index (κ1) is 14.9. The predicted octanol–water partition coefficient (Wildman–Crippen LogP) is 2.82. The minimum atomic E-state index is 0.390. The highest BCUT2D eigenvalue weighted by Gasteiger charge is 2.13. The molecule has 20 heavy (non-hydrogen) atoms. The normalized spacial score (nSPS) is 18.8. The lowest BCUT2D eigenvalue weighted by molar-refractivity contribution is 0.0134. The van der Waals surface area contributed by atoms with Crippen LogP contribution in [0.1, 0.15) is 39.0 Å². The number of nitrogens with two attached hydrogens (primary N) is 1. The molecule has 112 valence electrons. The zero-order valence-electron chi connectivity index (χ0n) is 12.2. The Hall–Kier alpha value is -1.49. The van der Waals surface area contributed by atoms with Crippen molar-refractivity contribution in [3.05, 3.63) is 12.1 Å². The van der Waals surface area contributed by atoms with Gasteiger partial charge in [-0.2, -0.15) is 4.98 Å². The summed E-state index contributed by atoms with van der Waals surface area (Å²) >= 11 is 0. The van der Waals surface area contributed by atoms with E-state index < -0.39 is 0 Å². The first-order chi connectivity index (χ1) is 9.79. The number of anilines is 2. The van der Waals surface area contributed by atoms with Crippen molar-refractivity contribution in [3.63, 3.8) is 0 Å². The van der Waals surface area contributed by atoms with Gasteiger partial charge in [0.15, 0.2) is 0 Å². The second-order valence-electron chi connectivity index (χ2n) is 5.14. The topological polar surface area (TPSA) is 69.4 Å². The van der Waals surface area contributed by atoms with E-state index in [0.29, 0.717) is 24.3 Å². The van der Waals surface area contributed by atoms with Crippen LogP contribution in [0.2, 0.25) is 0 Å². The smallest absolute Gasteiger partial charge is 0.239 e. The van der Waals surface area contributed by atoms with E-state index >= 15 is 0 Å². The number of nitrogens with one attached hydrogen (secondary N) is 1. The van der Waals surface area contributed by atoms with E-state index in [1.54, 1.807) is 0 Å². The van der Waals surface area contributed by atoms with Crippen LogP contribution in [-0.4, -0.2) is 30.8 Å². The van der Waals surface area contributed by atoms with E-state index in [0.717, 1.165) is 31.8 Å². The summed E-state index contributed by atoms with van der Waals surface area (Å²) in [7, 11) is 0. The fourth-order valence-electron chi connectivity index (χ4n) is 2.26. The molecule has 0 bridgehead atoms. The molecule has 1 aliphatic rings. The molecule has 1 aliphatic heterocycles. The van der Waals surface area contributed by atoms with Crippen molar-refractivity contribution < 1.29 is 9.47 Å². The predicted molar refractivity (Wildman–Crippen MR) is 81.1 cm³/mol. The number of aromatic nitrogens is 1. The van der Waals surface area contributed by atoms with Crippen molar-refractivity contribution in [2.75, 3.05) is 30.8 Å². The summed E-state index contributed by atoms with van der Waals surface area (Å²) < 4.78 is 11.2. The van der Waals surface area contributed by atoms with Crippen LogP contribution in [-0.2, 0) is 4.74 Å². The molecule has 1 saturated heterocycles. The zero-order chi connectivity index (χ0) is 14.2. The fraction of sp³-hybridized carbons (Fsp3) is 0.667. The van der Waals surface area contributed by atoms with Gasteiger partial charge >= 0.3 is 0 Å². The number of nitrogen functional groups attached to an aromatic ring is 1. The fourth-order valence-corrected chi connectivity index (χ4v) is 2.26. The Labute approximate surface area is 120 Å². The molecule has 3 N–H and O–H groups in total. The first-order valence-electron chi connectivity index (χ1n) is 7.54. The lowest BCUT2D eigenvalue weighted by atomic mass is 10.1. The molecule has 5 nitrogen and oxygen atoms in total. The number of hydrogen-bond donors (Lipinski definition) is 2. The van der Waals surface area contributed by atoms with E-state index in [2.05, 4.69) is 17.2 Å². The minimum absolute atomic E-state index is 0.390. The molecule has 1 aromatic heterocycles. The molecule has 1 atom stereocenters. The Morgan fingerprint density at radius 3 is 3.10 bits per heavy atom. The molecular weight excluding hydrogens is 254 g/mol. The number of hydrogen-bond acceptors (Lipinski definition) is 5. The molecule has 0 aliphatic carbocycles. The molecule has 1 unspecified atom stereocenters. The monoisotopic (exact) mass is 279 g/mol. The average molecular weight is 279 g/mol. The summed E-state index contributed by atoms with van der Waals surface area (Å²) in [5, 5.41) is 3.31. The van der Waals surface area contributed by atoms with Crippen LogP contribution in [0.25, 0.3) is 0 Å². The van der Waals surface area contributed by atoms with E-state index in [4.69, 9.17) is 15.2 Å². The summed E-state index contributed by atoms with van der Waals surface area (Å²) in [4.78, 5) is 4.39. The van der Waals surface area contributed by atoms with Gasteiger partial charge in [-0.05, 0) is 44.2 Å². The van der Waals surface area contributed by atoms with E-state index in [9.17, 15) is 0 Å². The van der Waals surface area contributed by atoms with Gasteiger partial charge in [0.2, 0.25) is 5.88 Å². The van der Waals surface area contributed by atoms with Crippen molar-refractivity contribution in [3.8, 4) is 5.88 Å². The lowest BCUT2D eigenvalue weighted by Crippen LogP contribution is -2.22. The highest BCUT2D eigenvalue weighted by molar-refractivity contribution is 5.53. The Morgan fingerprint density at radius 1 is 1.45 bits per heavy atom. The highest BCUT2D eigenvalue weighted by Crippen LogP contribution is 2.21. The number of pyridine rings is 1. The van der Waals surface area contributed by atoms with Crippen molar-refractivity contribution >= 4 is 11.5 Å². The Balaban J connectivity index is 1.79. The second kappa shape index (κ2) is 7.94. The van der Waals surface area contributed by atoms with Crippen LogP contribution in [0.15, 0.2) is 12.1 Å². The van der Waals surface area contributed by atoms with E-state index in [1.807, 2.05) is 12.1 Å². The summed E-state index contributed by atoms with van der Waals surface area (Å²) in [6.45, 7) is 4.45. The molecule has 0 radical (unpaired) electrons. The van der Waals surface area contributed by atoms with Gasteiger partial charge in [-0.3, -0.25) is 0 Å². The third-order valence-corrected chi connectivity index (χ3v) is 3.38. The van der Waals surface area contributed by atoms with Crippen molar-refractivity contribution in [1.82, 2.24) is 4.98 Å². The number of ether oxygens (including phenoxy) is 2. The summed E-state index contributed by atoms with van der Waals surface area (Å²) in [6, 6.07) is 3.72. The summed E-state index contributed by atoms with van der Waals surface area (Å²) in [5.74, 6) is 1.33. The van der Waals surface area contributed by atoms with E-state index in [-0.39, 0.29) is 0 Å². The van der Waals surface area contributed by atoms with Crippen molar-refractivity contribution in [2.45, 2.75) is 45.1 Å². The highest BCUT2D eigenvalue weighted by atomic mass is 16.5. The van der Waals surface area contributed by atoms with Crippen molar-refractivity contribution in [2.24, 2.45) is 0 Å². The molecule has 0 spiro atoms. The molecule has 2 heterocycles. The Bertz CT molecular complexity index is 406. The van der Waals surface area contributed by atoms with Gasteiger partial charge in [0.25, 0.3) is 0 Å². The second-order valence-corrected chi connectivity index (χ2v) is 5.14. The lowest BCUT2D eigenvalue weighted by Gasteiger charge is -2.22. The molecule has 2 rings (SSSR count). The molecule has 0 amide bonds. The van der Waals surface area contributed by atoms with Crippen LogP contribution in [0, 0.1) is 0 Å². The Morgan fingerprint density at radius 2 is 2.35 bits per heavy atom. The third-order valence-electron chi connectivity index (χ3n) is 3.38. The molecule has 1 fully saturated rings. The SMILES string of the molecule is CCCOc1nc(NCCC2CCCCO2)ccc1N. The van der Waals surface area contributed by atoms with Crippen LogP contribution in [0.4, 0.5) is 11.5 Å². The first-order valence-corrected chi connectivity index (χ1v) is 7.54. The van der Waals surface area contributed by atoms with Gasteiger partial charge in [0.05, 0.1) is 18.4 Å². The van der Waals surface area contributed by atoms with Gasteiger partial charge < -0.3 is 20.5 Å². The van der Waals surface area contributed by atoms with Gasteiger partial charge in [0, 0.05) is 13.2 Å². The molecule has 5 heteroatoms. The Kier molecular flexibility index (Phi) is 5.92. The van der Waals surface area contributed by atoms with Crippen LogP contribution in [0.3, 0.4) is 0 Å². The van der Waals surface area contributed by atoms with E-state index in [1.165, 1.54) is 19.3 Å². The summed E-state index contributed by atoms with van der Waals surface area (Å²) in [6.07, 6.45) is 5.98. The quantitative estimate of drug-likeness (QED) is 0.803.